The van der Waals surface area contributed by atoms with Crippen LogP contribution in [-0.4, -0.2) is 0 Å². The summed E-state index contributed by atoms with van der Waals surface area (Å²) in [6.45, 7) is 0. The van der Waals surface area contributed by atoms with Crippen molar-refractivity contribution in [2.75, 3.05) is 0 Å². The average molecular weight is 348 g/mol. The van der Waals surface area contributed by atoms with Crippen LogP contribution in [0.25, 0.3) is 0 Å². The lowest BCUT2D eigenvalue weighted by Crippen LogP contribution is -2.14. The van der Waals surface area contributed by atoms with Gasteiger partial charge in [-0.2, -0.15) is 13.2 Å². The van der Waals surface area contributed by atoms with Crippen LogP contribution in [0.5, 0.6) is 0 Å². The lowest BCUT2D eigenvalue weighted by atomic mass is 9.98. The van der Waals surface area contributed by atoms with Gasteiger partial charge in [0.25, 0.3) is 0 Å². The van der Waals surface area contributed by atoms with Crippen LogP contribution in [0.1, 0.15) is 22.7 Å². The van der Waals surface area contributed by atoms with Crippen molar-refractivity contribution in [2.24, 2.45) is 5.73 Å². The van der Waals surface area contributed by atoms with E-state index >= 15 is 0 Å². The Balaban J connectivity index is 2.38. The molecule has 1 atom stereocenters. The minimum absolute atomic E-state index is 0.220. The summed E-state index contributed by atoms with van der Waals surface area (Å²) in [5.74, 6) is -0.454. The first kappa shape index (κ1) is 15.0. The molecule has 0 radical (unpaired) electrons. The molecule has 0 bridgehead atoms. The van der Waals surface area contributed by atoms with Crippen molar-refractivity contribution in [3.63, 3.8) is 0 Å². The van der Waals surface area contributed by atoms with E-state index in [1.54, 1.807) is 0 Å². The number of hydrogen-bond donors (Lipinski definition) is 1. The topological polar surface area (TPSA) is 26.0 Å². The number of halogens is 5. The van der Waals surface area contributed by atoms with Gasteiger partial charge in [-0.25, -0.2) is 4.39 Å². The second-order valence-corrected chi connectivity index (χ2v) is 5.13. The Hall–Kier alpha value is -1.40. The summed E-state index contributed by atoms with van der Waals surface area (Å²) < 4.78 is 51.3. The highest BCUT2D eigenvalue weighted by Crippen LogP contribution is 2.32. The van der Waals surface area contributed by atoms with Crippen molar-refractivity contribution in [3.05, 3.63) is 69.4 Å². The van der Waals surface area contributed by atoms with Gasteiger partial charge < -0.3 is 5.73 Å². The number of alkyl halides is 3. The van der Waals surface area contributed by atoms with Crippen LogP contribution in [0.2, 0.25) is 0 Å². The van der Waals surface area contributed by atoms with Gasteiger partial charge in [0.1, 0.15) is 5.82 Å². The molecule has 0 spiro atoms. The van der Waals surface area contributed by atoms with Crippen LogP contribution in [0.4, 0.5) is 17.6 Å². The van der Waals surface area contributed by atoms with E-state index in [4.69, 9.17) is 5.73 Å². The first-order chi connectivity index (χ1) is 9.29. The third-order valence-corrected chi connectivity index (χ3v) is 3.48. The van der Waals surface area contributed by atoms with E-state index in [0.717, 1.165) is 12.1 Å². The van der Waals surface area contributed by atoms with E-state index in [1.165, 1.54) is 30.3 Å². The van der Waals surface area contributed by atoms with Gasteiger partial charge in [-0.15, -0.1) is 0 Å². The first-order valence-electron chi connectivity index (χ1n) is 5.66. The number of benzene rings is 2. The van der Waals surface area contributed by atoms with Crippen LogP contribution in [0.3, 0.4) is 0 Å². The molecule has 6 heteroatoms. The summed E-state index contributed by atoms with van der Waals surface area (Å²) in [5, 5.41) is 0. The summed E-state index contributed by atoms with van der Waals surface area (Å²) in [4.78, 5) is 0. The standard InChI is InChI=1S/C14H10BrF4N/c15-11-7-9(4-5-12(11)16)13(20)8-2-1-3-10(6-8)14(17,18)19/h1-7,13H,20H2. The molecule has 0 saturated carbocycles. The van der Waals surface area contributed by atoms with Crippen LogP contribution in [-0.2, 0) is 6.18 Å². The molecular weight excluding hydrogens is 338 g/mol. The van der Waals surface area contributed by atoms with Crippen molar-refractivity contribution in [1.82, 2.24) is 0 Å². The normalized spacial score (nSPS) is 13.3. The third-order valence-electron chi connectivity index (χ3n) is 2.88. The van der Waals surface area contributed by atoms with Gasteiger partial charge in [0.2, 0.25) is 0 Å². The molecule has 1 unspecified atom stereocenters. The highest BCUT2D eigenvalue weighted by molar-refractivity contribution is 9.10. The van der Waals surface area contributed by atoms with Gasteiger partial charge in [0, 0.05) is 0 Å². The van der Waals surface area contributed by atoms with Gasteiger partial charge in [-0.05, 0) is 51.3 Å². The van der Waals surface area contributed by atoms with Crippen molar-refractivity contribution in [2.45, 2.75) is 12.2 Å². The predicted molar refractivity (Wildman–Crippen MR) is 71.6 cm³/mol. The summed E-state index contributed by atoms with van der Waals surface area (Å²) in [6.07, 6.45) is -4.42. The zero-order chi connectivity index (χ0) is 14.9. The van der Waals surface area contributed by atoms with Gasteiger partial charge in [-0.3, -0.25) is 0 Å². The molecule has 1 nitrogen and oxygen atoms in total. The van der Waals surface area contributed by atoms with Crippen molar-refractivity contribution < 1.29 is 17.6 Å². The summed E-state index contributed by atoms with van der Waals surface area (Å²) in [5.41, 5.74) is 6.02. The SMILES string of the molecule is NC(c1cccc(C(F)(F)F)c1)c1ccc(F)c(Br)c1. The van der Waals surface area contributed by atoms with Crippen molar-refractivity contribution in [3.8, 4) is 0 Å². The third kappa shape index (κ3) is 3.19. The minimum atomic E-state index is -4.42. The summed E-state index contributed by atoms with van der Waals surface area (Å²) >= 11 is 3.02. The maximum Gasteiger partial charge on any atom is 0.416 e. The van der Waals surface area contributed by atoms with Crippen LogP contribution >= 0.6 is 15.9 Å². The average Bonchev–Trinajstić information content (AvgIpc) is 2.40. The van der Waals surface area contributed by atoms with E-state index in [-0.39, 0.29) is 4.47 Å². The maximum absolute atomic E-state index is 13.1. The fraction of sp³-hybridized carbons (Fsp3) is 0.143. The smallest absolute Gasteiger partial charge is 0.320 e. The van der Waals surface area contributed by atoms with Crippen LogP contribution in [0.15, 0.2) is 46.9 Å². The molecule has 2 aromatic carbocycles. The molecule has 0 heterocycles. The van der Waals surface area contributed by atoms with E-state index in [1.807, 2.05) is 0 Å². The van der Waals surface area contributed by atoms with Crippen LogP contribution < -0.4 is 5.73 Å². The highest BCUT2D eigenvalue weighted by atomic mass is 79.9. The molecule has 2 N–H and O–H groups in total. The monoisotopic (exact) mass is 347 g/mol. The van der Waals surface area contributed by atoms with Gasteiger partial charge in [0.15, 0.2) is 0 Å². The Morgan fingerprint density at radius 1 is 1.00 bits per heavy atom. The molecule has 0 amide bonds. The van der Waals surface area contributed by atoms with Crippen molar-refractivity contribution >= 4 is 15.9 Å². The Bertz CT molecular complexity index is 625. The fourth-order valence-corrected chi connectivity index (χ4v) is 2.20. The number of nitrogens with two attached hydrogens (primary N) is 1. The Labute approximate surface area is 121 Å². The van der Waals surface area contributed by atoms with E-state index in [2.05, 4.69) is 15.9 Å². The van der Waals surface area contributed by atoms with Gasteiger partial charge in [-0.1, -0.05) is 18.2 Å². The minimum Gasteiger partial charge on any atom is -0.320 e. The first-order valence-corrected chi connectivity index (χ1v) is 6.46. The molecule has 0 aliphatic heterocycles. The largest absolute Gasteiger partial charge is 0.416 e. The molecule has 2 aromatic rings. The Morgan fingerprint density at radius 2 is 1.65 bits per heavy atom. The molecule has 20 heavy (non-hydrogen) atoms. The quantitative estimate of drug-likeness (QED) is 0.786. The molecule has 0 saturated heterocycles. The zero-order valence-electron chi connectivity index (χ0n) is 10.1. The Morgan fingerprint density at radius 3 is 2.25 bits per heavy atom. The molecule has 0 aromatic heterocycles. The lowest BCUT2D eigenvalue weighted by molar-refractivity contribution is -0.137. The molecule has 0 fully saturated rings. The van der Waals surface area contributed by atoms with E-state index in [0.29, 0.717) is 11.1 Å². The summed E-state index contributed by atoms with van der Waals surface area (Å²) in [6, 6.07) is 8.17. The number of hydrogen-bond acceptors (Lipinski definition) is 1. The zero-order valence-corrected chi connectivity index (χ0v) is 11.7. The van der Waals surface area contributed by atoms with Gasteiger partial charge in [0.05, 0.1) is 16.1 Å². The molecular formula is C14H10BrF4N. The molecule has 0 aliphatic rings. The fourth-order valence-electron chi connectivity index (χ4n) is 1.81. The molecule has 0 aliphatic carbocycles. The summed E-state index contributed by atoms with van der Waals surface area (Å²) in [7, 11) is 0. The molecule has 106 valence electrons. The van der Waals surface area contributed by atoms with E-state index in [9.17, 15) is 17.6 Å². The molecule has 2 rings (SSSR count). The van der Waals surface area contributed by atoms with Crippen molar-refractivity contribution in [1.29, 1.82) is 0 Å². The van der Waals surface area contributed by atoms with E-state index < -0.39 is 23.6 Å². The lowest BCUT2D eigenvalue weighted by Gasteiger charge is -2.15. The Kier molecular flexibility index (Phi) is 4.15. The second kappa shape index (κ2) is 5.54. The number of rotatable bonds is 2. The predicted octanol–water partition coefficient (Wildman–Crippen LogP) is 4.66. The second-order valence-electron chi connectivity index (χ2n) is 4.27. The van der Waals surface area contributed by atoms with Crippen LogP contribution in [0, 0.1) is 5.82 Å². The maximum atomic E-state index is 13.1. The van der Waals surface area contributed by atoms with Gasteiger partial charge >= 0.3 is 6.18 Å². The highest BCUT2D eigenvalue weighted by Gasteiger charge is 2.30.